The van der Waals surface area contributed by atoms with Crippen LogP contribution >= 0.6 is 15.9 Å². The van der Waals surface area contributed by atoms with Crippen molar-refractivity contribution in [3.8, 4) is 0 Å². The summed E-state index contributed by atoms with van der Waals surface area (Å²) in [6.45, 7) is 6.36. The summed E-state index contributed by atoms with van der Waals surface area (Å²) in [5.41, 5.74) is 7.44. The summed E-state index contributed by atoms with van der Waals surface area (Å²) >= 11 is 3.43. The molecule has 0 spiro atoms. The van der Waals surface area contributed by atoms with E-state index in [9.17, 15) is 9.59 Å². The highest BCUT2D eigenvalue weighted by Gasteiger charge is 2.32. The van der Waals surface area contributed by atoms with Crippen LogP contribution in [0.3, 0.4) is 0 Å². The van der Waals surface area contributed by atoms with E-state index in [0.717, 1.165) is 10.0 Å². The first-order valence-electron chi connectivity index (χ1n) is 11.9. The molecular formula is C28H30BrN5O2. The number of amides is 1. The molecule has 2 aromatic carbocycles. The van der Waals surface area contributed by atoms with Crippen molar-refractivity contribution in [2.45, 2.75) is 45.3 Å². The molecule has 186 valence electrons. The highest BCUT2D eigenvalue weighted by Crippen LogP contribution is 2.28. The summed E-state index contributed by atoms with van der Waals surface area (Å²) in [6, 6.07) is 20.0. The lowest BCUT2D eigenvalue weighted by molar-refractivity contribution is 0.0612. The Labute approximate surface area is 219 Å². The van der Waals surface area contributed by atoms with Crippen molar-refractivity contribution in [3.63, 3.8) is 0 Å². The second kappa shape index (κ2) is 10.7. The monoisotopic (exact) mass is 547 g/mol. The molecule has 0 saturated heterocycles. The van der Waals surface area contributed by atoms with E-state index in [4.69, 9.17) is 10.7 Å². The second-order valence-electron chi connectivity index (χ2n) is 9.57. The third kappa shape index (κ3) is 5.71. The maximum absolute atomic E-state index is 13.8. The number of hydrogen-bond donors (Lipinski definition) is 1. The van der Waals surface area contributed by atoms with E-state index in [1.165, 1.54) is 0 Å². The number of rotatable bonds is 8. The Bertz CT molecular complexity index is 1410. The maximum Gasteiger partial charge on any atom is 0.263 e. The minimum absolute atomic E-state index is 0.172. The number of carbonyl (C=O) groups excluding carboxylic acids is 1. The van der Waals surface area contributed by atoms with Crippen molar-refractivity contribution in [1.82, 2.24) is 19.4 Å². The molecule has 7 nitrogen and oxygen atoms in total. The van der Waals surface area contributed by atoms with Crippen molar-refractivity contribution >= 4 is 32.9 Å². The van der Waals surface area contributed by atoms with Crippen LogP contribution in [0, 0.1) is 0 Å². The molecule has 0 saturated carbocycles. The molecular weight excluding hydrogens is 518 g/mol. The minimum atomic E-state index is -0.669. The van der Waals surface area contributed by atoms with E-state index in [2.05, 4.69) is 20.9 Å². The topological polar surface area (TPSA) is 94.1 Å². The standard InChI is InChI=1S/C28H30BrN5O2/c1-4-23(34(18-28(2,3)30)26(35)20-12-14-21(29)15-13-20)25-32-24-22(11-8-16-31-24)27(36)33(25)17-19-9-6-5-7-10-19/h5-16,23H,4,17-18,30H2,1-3H3. The Balaban J connectivity index is 1.90. The molecule has 36 heavy (non-hydrogen) atoms. The molecule has 0 bridgehead atoms. The van der Waals surface area contributed by atoms with Crippen LogP contribution in [0.5, 0.6) is 0 Å². The van der Waals surface area contributed by atoms with Crippen LogP contribution in [-0.4, -0.2) is 37.4 Å². The Kier molecular flexibility index (Phi) is 7.66. The van der Waals surface area contributed by atoms with Gasteiger partial charge in [0.2, 0.25) is 0 Å². The Morgan fingerprint density at radius 3 is 2.42 bits per heavy atom. The van der Waals surface area contributed by atoms with Gasteiger partial charge in [-0.05, 0) is 62.2 Å². The number of fused-ring (bicyclic) bond motifs is 1. The van der Waals surface area contributed by atoms with Gasteiger partial charge in [-0.15, -0.1) is 0 Å². The Morgan fingerprint density at radius 1 is 1.08 bits per heavy atom. The molecule has 1 unspecified atom stereocenters. The zero-order valence-corrected chi connectivity index (χ0v) is 22.3. The van der Waals surface area contributed by atoms with Gasteiger partial charge in [0.1, 0.15) is 5.82 Å². The minimum Gasteiger partial charge on any atom is -0.327 e. The number of nitrogens with two attached hydrogens (primary N) is 1. The van der Waals surface area contributed by atoms with Crippen LogP contribution in [0.1, 0.15) is 55.0 Å². The first kappa shape index (κ1) is 25.7. The largest absolute Gasteiger partial charge is 0.327 e. The predicted octanol–water partition coefficient (Wildman–Crippen LogP) is 4.93. The highest BCUT2D eigenvalue weighted by molar-refractivity contribution is 9.10. The molecule has 1 amide bonds. The number of halogens is 1. The lowest BCUT2D eigenvalue weighted by Gasteiger charge is -2.36. The fourth-order valence-corrected chi connectivity index (χ4v) is 4.57. The molecule has 8 heteroatoms. The zero-order valence-electron chi connectivity index (χ0n) is 20.7. The van der Waals surface area contributed by atoms with Crippen LogP contribution in [-0.2, 0) is 6.54 Å². The molecule has 2 heterocycles. The number of aromatic nitrogens is 3. The van der Waals surface area contributed by atoms with Crippen molar-refractivity contribution in [2.75, 3.05) is 6.54 Å². The van der Waals surface area contributed by atoms with Crippen molar-refractivity contribution in [1.29, 1.82) is 0 Å². The zero-order chi connectivity index (χ0) is 25.9. The third-order valence-corrected chi connectivity index (χ3v) is 6.46. The Morgan fingerprint density at radius 2 is 1.78 bits per heavy atom. The normalized spacial score (nSPS) is 12.5. The lowest BCUT2D eigenvalue weighted by Crippen LogP contribution is -2.50. The van der Waals surface area contributed by atoms with Crippen LogP contribution < -0.4 is 11.3 Å². The quantitative estimate of drug-likeness (QED) is 0.337. The molecule has 0 aliphatic heterocycles. The van der Waals surface area contributed by atoms with Crippen LogP contribution in [0.2, 0.25) is 0 Å². The SMILES string of the molecule is CCC(c1nc2ncccc2c(=O)n1Cc1ccccc1)N(CC(C)(C)N)C(=O)c1ccc(Br)cc1. The third-order valence-electron chi connectivity index (χ3n) is 5.93. The number of nitrogens with zero attached hydrogens (tertiary/aromatic N) is 4. The molecule has 1 atom stereocenters. The lowest BCUT2D eigenvalue weighted by atomic mass is 10.0. The van der Waals surface area contributed by atoms with E-state index in [-0.39, 0.29) is 18.0 Å². The van der Waals surface area contributed by atoms with Gasteiger partial charge in [-0.3, -0.25) is 14.2 Å². The summed E-state index contributed by atoms with van der Waals surface area (Å²) in [5, 5.41) is 0.442. The molecule has 0 aliphatic carbocycles. The van der Waals surface area contributed by atoms with Crippen molar-refractivity contribution in [2.24, 2.45) is 5.73 Å². The molecule has 2 N–H and O–H groups in total. The van der Waals surface area contributed by atoms with E-state index >= 15 is 0 Å². The fraction of sp³-hybridized carbons (Fsp3) is 0.286. The van der Waals surface area contributed by atoms with Gasteiger partial charge in [0.15, 0.2) is 5.65 Å². The summed E-state index contributed by atoms with van der Waals surface area (Å²) in [5.74, 6) is 0.321. The Hall–Kier alpha value is -3.36. The molecule has 0 fully saturated rings. The van der Waals surface area contributed by atoms with Gasteiger partial charge in [0.05, 0.1) is 18.0 Å². The average molecular weight is 548 g/mol. The summed E-state index contributed by atoms with van der Waals surface area (Å²) < 4.78 is 2.55. The maximum atomic E-state index is 13.8. The van der Waals surface area contributed by atoms with Crippen molar-refractivity contribution in [3.05, 3.63) is 105 Å². The van der Waals surface area contributed by atoms with E-state index in [1.807, 2.05) is 63.2 Å². The molecule has 0 aliphatic rings. The van der Waals surface area contributed by atoms with Gasteiger partial charge in [0.25, 0.3) is 11.5 Å². The van der Waals surface area contributed by atoms with Crippen LogP contribution in [0.4, 0.5) is 0 Å². The van der Waals surface area contributed by atoms with Crippen LogP contribution in [0.15, 0.2) is 82.2 Å². The van der Waals surface area contributed by atoms with Gasteiger partial charge in [-0.25, -0.2) is 9.97 Å². The summed E-state index contributed by atoms with van der Waals surface area (Å²) in [4.78, 5) is 38.5. The van der Waals surface area contributed by atoms with E-state index in [1.54, 1.807) is 39.9 Å². The fourth-order valence-electron chi connectivity index (χ4n) is 4.31. The van der Waals surface area contributed by atoms with Gasteiger partial charge in [-0.1, -0.05) is 53.2 Å². The number of carbonyl (C=O) groups is 1. The van der Waals surface area contributed by atoms with E-state index in [0.29, 0.717) is 35.4 Å². The van der Waals surface area contributed by atoms with Crippen molar-refractivity contribution < 1.29 is 4.79 Å². The number of hydrogen-bond acceptors (Lipinski definition) is 5. The second-order valence-corrected chi connectivity index (χ2v) is 10.5. The summed E-state index contributed by atoms with van der Waals surface area (Å²) in [7, 11) is 0. The smallest absolute Gasteiger partial charge is 0.263 e. The molecule has 4 rings (SSSR count). The first-order chi connectivity index (χ1) is 17.2. The molecule has 2 aromatic heterocycles. The number of benzene rings is 2. The van der Waals surface area contributed by atoms with Gasteiger partial charge >= 0.3 is 0 Å². The van der Waals surface area contributed by atoms with Crippen LogP contribution in [0.25, 0.3) is 11.0 Å². The molecule has 0 radical (unpaired) electrons. The average Bonchev–Trinajstić information content (AvgIpc) is 2.86. The van der Waals surface area contributed by atoms with Gasteiger partial charge < -0.3 is 10.6 Å². The van der Waals surface area contributed by atoms with Gasteiger partial charge in [-0.2, -0.15) is 0 Å². The molecule has 4 aromatic rings. The first-order valence-corrected chi connectivity index (χ1v) is 12.7. The number of pyridine rings is 1. The van der Waals surface area contributed by atoms with E-state index < -0.39 is 11.6 Å². The summed E-state index contributed by atoms with van der Waals surface area (Å²) in [6.07, 6.45) is 2.16. The highest BCUT2D eigenvalue weighted by atomic mass is 79.9. The van der Waals surface area contributed by atoms with Gasteiger partial charge in [0, 0.05) is 28.3 Å². The predicted molar refractivity (Wildman–Crippen MR) is 146 cm³/mol.